The quantitative estimate of drug-likeness (QED) is 0.739. The summed E-state index contributed by atoms with van der Waals surface area (Å²) in [5.41, 5.74) is 5.46. The molecule has 19 heavy (non-hydrogen) atoms. The molecule has 1 unspecified atom stereocenters. The molecule has 0 aliphatic rings. The second-order valence-corrected chi connectivity index (χ2v) is 4.67. The van der Waals surface area contributed by atoms with Gasteiger partial charge in [-0.2, -0.15) is 13.2 Å². The highest BCUT2D eigenvalue weighted by atomic mass is 19.4. The van der Waals surface area contributed by atoms with Gasteiger partial charge in [-0.05, 0) is 5.92 Å². The number of nitrogens with zero attached hydrogens (tertiary/aromatic N) is 1. The largest absolute Gasteiger partial charge is 0.405 e. The summed E-state index contributed by atoms with van der Waals surface area (Å²) < 4.78 is 35.7. The molecule has 0 fully saturated rings. The molecule has 0 aromatic heterocycles. The Bertz CT molecular complexity index is 319. The highest BCUT2D eigenvalue weighted by Crippen LogP contribution is 2.13. The normalized spacial score (nSPS) is 13.3. The third-order valence-corrected chi connectivity index (χ3v) is 2.62. The van der Waals surface area contributed by atoms with Crippen LogP contribution >= 0.6 is 0 Å². The molecule has 112 valence electrons. The predicted octanol–water partition coefficient (Wildman–Crippen LogP) is 0.354. The second-order valence-electron chi connectivity index (χ2n) is 4.67. The molecule has 0 spiro atoms. The summed E-state index contributed by atoms with van der Waals surface area (Å²) in [6, 6.07) is 0. The number of halogens is 3. The standard InChI is InChI=1S/C11H20F3N3O2/c1-7(2)8(4-15)10(19)17(3)5-9(18)16-6-11(12,13)14/h7-8H,4-6,15H2,1-3H3,(H,16,18). The van der Waals surface area contributed by atoms with Crippen LogP contribution in [0.2, 0.25) is 0 Å². The first kappa shape index (κ1) is 17.7. The van der Waals surface area contributed by atoms with Crippen molar-refractivity contribution in [2.45, 2.75) is 20.0 Å². The van der Waals surface area contributed by atoms with Gasteiger partial charge in [0.15, 0.2) is 0 Å². The van der Waals surface area contributed by atoms with Gasteiger partial charge in [-0.1, -0.05) is 13.8 Å². The van der Waals surface area contributed by atoms with Crippen molar-refractivity contribution in [1.29, 1.82) is 0 Å². The van der Waals surface area contributed by atoms with Crippen molar-refractivity contribution in [3.63, 3.8) is 0 Å². The average Bonchev–Trinajstić information content (AvgIpc) is 2.25. The van der Waals surface area contributed by atoms with Crippen LogP contribution in [0.5, 0.6) is 0 Å². The summed E-state index contributed by atoms with van der Waals surface area (Å²) in [6.45, 7) is 1.93. The van der Waals surface area contributed by atoms with Gasteiger partial charge in [0, 0.05) is 13.6 Å². The lowest BCUT2D eigenvalue weighted by Crippen LogP contribution is -2.45. The molecular weight excluding hydrogens is 263 g/mol. The molecule has 0 aliphatic heterocycles. The number of alkyl halides is 3. The van der Waals surface area contributed by atoms with E-state index < -0.39 is 31.1 Å². The van der Waals surface area contributed by atoms with Crippen molar-refractivity contribution in [3.05, 3.63) is 0 Å². The Morgan fingerprint density at radius 3 is 2.21 bits per heavy atom. The molecular formula is C11H20F3N3O2. The maximum absolute atomic E-state index is 11.9. The van der Waals surface area contributed by atoms with Gasteiger partial charge in [0.05, 0.1) is 12.5 Å². The lowest BCUT2D eigenvalue weighted by Gasteiger charge is -2.24. The second kappa shape index (κ2) is 7.32. The number of hydrogen-bond acceptors (Lipinski definition) is 3. The maximum atomic E-state index is 11.9. The van der Waals surface area contributed by atoms with Gasteiger partial charge in [-0.15, -0.1) is 0 Å². The fraction of sp³-hybridized carbons (Fsp3) is 0.818. The molecule has 0 aromatic rings. The Labute approximate surface area is 110 Å². The molecule has 0 heterocycles. The molecule has 0 saturated heterocycles. The summed E-state index contributed by atoms with van der Waals surface area (Å²) in [6.07, 6.45) is -4.46. The van der Waals surface area contributed by atoms with Crippen molar-refractivity contribution >= 4 is 11.8 Å². The maximum Gasteiger partial charge on any atom is 0.405 e. The monoisotopic (exact) mass is 283 g/mol. The van der Waals surface area contributed by atoms with E-state index in [2.05, 4.69) is 0 Å². The first-order valence-corrected chi connectivity index (χ1v) is 5.87. The lowest BCUT2D eigenvalue weighted by molar-refractivity contribution is -0.143. The fourth-order valence-electron chi connectivity index (χ4n) is 1.49. The van der Waals surface area contributed by atoms with E-state index in [1.54, 1.807) is 5.32 Å². The van der Waals surface area contributed by atoms with Crippen LogP contribution in [0.4, 0.5) is 13.2 Å². The van der Waals surface area contributed by atoms with Gasteiger partial charge in [-0.3, -0.25) is 9.59 Å². The molecule has 3 N–H and O–H groups in total. The Balaban J connectivity index is 4.32. The highest BCUT2D eigenvalue weighted by molar-refractivity contribution is 5.85. The van der Waals surface area contributed by atoms with Crippen LogP contribution in [0.25, 0.3) is 0 Å². The fourth-order valence-corrected chi connectivity index (χ4v) is 1.49. The number of rotatable bonds is 6. The van der Waals surface area contributed by atoms with Crippen molar-refractivity contribution in [2.75, 3.05) is 26.7 Å². The number of nitrogens with two attached hydrogens (primary N) is 1. The number of carbonyl (C=O) groups excluding carboxylic acids is 2. The smallest absolute Gasteiger partial charge is 0.345 e. The minimum atomic E-state index is -4.46. The van der Waals surface area contributed by atoms with Crippen molar-refractivity contribution in [1.82, 2.24) is 10.2 Å². The molecule has 1 atom stereocenters. The zero-order valence-electron chi connectivity index (χ0n) is 11.3. The van der Waals surface area contributed by atoms with E-state index in [0.717, 1.165) is 4.90 Å². The van der Waals surface area contributed by atoms with Crippen LogP contribution in [-0.2, 0) is 9.59 Å². The number of carbonyl (C=O) groups is 2. The third-order valence-electron chi connectivity index (χ3n) is 2.62. The molecule has 0 radical (unpaired) electrons. The van der Waals surface area contributed by atoms with Gasteiger partial charge in [-0.25, -0.2) is 0 Å². The van der Waals surface area contributed by atoms with Crippen molar-refractivity contribution < 1.29 is 22.8 Å². The zero-order valence-corrected chi connectivity index (χ0v) is 11.3. The topological polar surface area (TPSA) is 75.4 Å². The lowest BCUT2D eigenvalue weighted by atomic mass is 9.94. The Hall–Kier alpha value is -1.31. The van der Waals surface area contributed by atoms with E-state index in [9.17, 15) is 22.8 Å². The van der Waals surface area contributed by atoms with E-state index in [-0.39, 0.29) is 18.4 Å². The number of hydrogen-bond donors (Lipinski definition) is 2. The SMILES string of the molecule is CC(C)C(CN)C(=O)N(C)CC(=O)NCC(F)(F)F. The number of likely N-dealkylation sites (N-methyl/N-ethyl adjacent to an activating group) is 1. The van der Waals surface area contributed by atoms with Gasteiger partial charge in [0.25, 0.3) is 0 Å². The molecule has 5 nitrogen and oxygen atoms in total. The highest BCUT2D eigenvalue weighted by Gasteiger charge is 2.29. The Morgan fingerprint density at radius 2 is 1.84 bits per heavy atom. The molecule has 0 aromatic carbocycles. The van der Waals surface area contributed by atoms with Gasteiger partial charge in [0.2, 0.25) is 11.8 Å². The molecule has 0 rings (SSSR count). The van der Waals surface area contributed by atoms with E-state index in [1.165, 1.54) is 7.05 Å². The first-order valence-electron chi connectivity index (χ1n) is 5.87. The summed E-state index contributed by atoms with van der Waals surface area (Å²) in [4.78, 5) is 24.2. The van der Waals surface area contributed by atoms with Gasteiger partial charge < -0.3 is 16.0 Å². The molecule has 0 saturated carbocycles. The summed E-state index contributed by atoms with van der Waals surface area (Å²) in [7, 11) is 1.36. The number of nitrogens with one attached hydrogen (secondary N) is 1. The average molecular weight is 283 g/mol. The number of amides is 2. The van der Waals surface area contributed by atoms with Crippen molar-refractivity contribution in [2.24, 2.45) is 17.6 Å². The van der Waals surface area contributed by atoms with Crippen LogP contribution in [-0.4, -0.2) is 49.6 Å². The first-order chi connectivity index (χ1) is 8.58. The van der Waals surface area contributed by atoms with Crippen LogP contribution < -0.4 is 11.1 Å². The molecule has 2 amide bonds. The van der Waals surface area contributed by atoms with Gasteiger partial charge in [0.1, 0.15) is 6.54 Å². The minimum absolute atomic E-state index is 0.00168. The van der Waals surface area contributed by atoms with Gasteiger partial charge >= 0.3 is 6.18 Å². The Kier molecular flexibility index (Phi) is 6.82. The summed E-state index contributed by atoms with van der Waals surface area (Å²) >= 11 is 0. The van der Waals surface area contributed by atoms with Crippen LogP contribution in [0.1, 0.15) is 13.8 Å². The Morgan fingerprint density at radius 1 is 1.32 bits per heavy atom. The minimum Gasteiger partial charge on any atom is -0.345 e. The van der Waals surface area contributed by atoms with Crippen LogP contribution in [0.3, 0.4) is 0 Å². The molecule has 0 aliphatic carbocycles. The van der Waals surface area contributed by atoms with E-state index in [1.807, 2.05) is 13.8 Å². The van der Waals surface area contributed by atoms with Crippen LogP contribution in [0, 0.1) is 11.8 Å². The van der Waals surface area contributed by atoms with Crippen molar-refractivity contribution in [3.8, 4) is 0 Å². The summed E-state index contributed by atoms with van der Waals surface area (Å²) in [5, 5.41) is 1.71. The van der Waals surface area contributed by atoms with Crippen LogP contribution in [0.15, 0.2) is 0 Å². The summed E-state index contributed by atoms with van der Waals surface area (Å²) in [5.74, 6) is -1.65. The van der Waals surface area contributed by atoms with E-state index >= 15 is 0 Å². The third kappa shape index (κ3) is 7.00. The molecule has 8 heteroatoms. The van der Waals surface area contributed by atoms with E-state index in [4.69, 9.17) is 5.73 Å². The predicted molar refractivity (Wildman–Crippen MR) is 64.1 cm³/mol. The zero-order chi connectivity index (χ0) is 15.2. The molecule has 0 bridgehead atoms. The van der Waals surface area contributed by atoms with E-state index in [0.29, 0.717) is 0 Å².